The lowest BCUT2D eigenvalue weighted by Crippen LogP contribution is -2.15. The number of nitrogens with zero attached hydrogens (tertiary/aromatic N) is 3. The van der Waals surface area contributed by atoms with Crippen LogP contribution in [0.2, 0.25) is 0 Å². The van der Waals surface area contributed by atoms with E-state index in [1.165, 1.54) is 12.1 Å². The van der Waals surface area contributed by atoms with Crippen molar-refractivity contribution in [2.75, 3.05) is 11.9 Å². The van der Waals surface area contributed by atoms with Crippen molar-refractivity contribution in [3.05, 3.63) is 54.2 Å². The Morgan fingerprint density at radius 3 is 2.50 bits per heavy atom. The van der Waals surface area contributed by atoms with Gasteiger partial charge in [-0.05, 0) is 42.5 Å². The number of aliphatic hydroxyl groups excluding tert-OH is 1. The number of halogens is 3. The quantitative estimate of drug-likeness (QED) is 0.565. The van der Waals surface area contributed by atoms with E-state index in [4.69, 9.17) is 5.11 Å². The van der Waals surface area contributed by atoms with Crippen LogP contribution in [0, 0.1) is 0 Å². The summed E-state index contributed by atoms with van der Waals surface area (Å²) in [7, 11) is 1.75. The third kappa shape index (κ3) is 2.99. The Labute approximate surface area is 156 Å². The van der Waals surface area contributed by atoms with E-state index in [0.29, 0.717) is 17.0 Å². The van der Waals surface area contributed by atoms with Gasteiger partial charge in [0.2, 0.25) is 5.91 Å². The molecule has 0 radical (unpaired) electrons. The Bertz CT molecular complexity index is 1190. The second-order valence-corrected chi connectivity index (χ2v) is 6.36. The molecule has 0 spiro atoms. The summed E-state index contributed by atoms with van der Waals surface area (Å²) in [6.45, 7) is -0.632. The van der Waals surface area contributed by atoms with Crippen LogP contribution in [0.25, 0.3) is 27.6 Å². The molecular weight excluding hydrogens is 373 g/mol. The molecule has 9 heteroatoms. The van der Waals surface area contributed by atoms with Gasteiger partial charge in [0.1, 0.15) is 6.61 Å². The minimum Gasteiger partial charge on any atom is -0.387 e. The van der Waals surface area contributed by atoms with Crippen molar-refractivity contribution in [3.8, 4) is 5.69 Å². The summed E-state index contributed by atoms with van der Waals surface area (Å²) in [6.07, 6.45) is -2.60. The first-order valence-corrected chi connectivity index (χ1v) is 8.34. The van der Waals surface area contributed by atoms with Crippen LogP contribution >= 0.6 is 0 Å². The number of carbonyl (C=O) groups excluding carboxylic acids is 1. The number of fused-ring (bicyclic) bond motifs is 3. The minimum atomic E-state index is -4.41. The van der Waals surface area contributed by atoms with Crippen molar-refractivity contribution in [3.63, 3.8) is 0 Å². The highest BCUT2D eigenvalue weighted by Crippen LogP contribution is 2.34. The summed E-state index contributed by atoms with van der Waals surface area (Å²) in [6, 6.07) is 10.0. The second-order valence-electron chi connectivity index (χ2n) is 6.36. The standard InChI is InChI=1S/C19H15F3N4O2/c1-25-9-15-14-8-12(23-17(28)10-27)4-7-16(14)26(18(15)24-25)13-5-2-11(3-6-13)19(20,21)22/h2-9,27H,10H2,1H3,(H,23,28). The number of carbonyl (C=O) groups is 1. The first kappa shape index (κ1) is 18.1. The highest BCUT2D eigenvalue weighted by Gasteiger charge is 2.30. The van der Waals surface area contributed by atoms with E-state index in [-0.39, 0.29) is 0 Å². The molecule has 0 aliphatic carbocycles. The largest absolute Gasteiger partial charge is 0.416 e. The zero-order valence-electron chi connectivity index (χ0n) is 14.7. The van der Waals surface area contributed by atoms with Gasteiger partial charge in [-0.15, -0.1) is 0 Å². The van der Waals surface area contributed by atoms with Gasteiger partial charge in [0.05, 0.1) is 11.1 Å². The van der Waals surface area contributed by atoms with Crippen molar-refractivity contribution in [2.24, 2.45) is 7.05 Å². The van der Waals surface area contributed by atoms with E-state index in [0.717, 1.165) is 28.4 Å². The molecule has 0 aliphatic rings. The number of aliphatic hydroxyl groups is 1. The first-order valence-electron chi connectivity index (χ1n) is 8.34. The molecule has 0 aliphatic heterocycles. The lowest BCUT2D eigenvalue weighted by Gasteiger charge is -2.10. The maximum Gasteiger partial charge on any atom is 0.416 e. The summed E-state index contributed by atoms with van der Waals surface area (Å²) in [5.41, 5.74) is 1.64. The van der Waals surface area contributed by atoms with Gasteiger partial charge >= 0.3 is 6.18 Å². The lowest BCUT2D eigenvalue weighted by molar-refractivity contribution is -0.137. The van der Waals surface area contributed by atoms with E-state index >= 15 is 0 Å². The van der Waals surface area contributed by atoms with Gasteiger partial charge in [0.15, 0.2) is 5.65 Å². The van der Waals surface area contributed by atoms with Crippen LogP contribution in [0.5, 0.6) is 0 Å². The van der Waals surface area contributed by atoms with Gasteiger partial charge < -0.3 is 10.4 Å². The Morgan fingerprint density at radius 2 is 1.86 bits per heavy atom. The number of aryl methyl sites for hydroxylation is 1. The fourth-order valence-electron chi connectivity index (χ4n) is 3.23. The third-order valence-corrected chi connectivity index (χ3v) is 4.43. The van der Waals surface area contributed by atoms with Crippen molar-refractivity contribution in [1.29, 1.82) is 0 Å². The molecule has 4 aromatic rings. The summed E-state index contributed by atoms with van der Waals surface area (Å²) in [5.74, 6) is -0.538. The highest BCUT2D eigenvalue weighted by molar-refractivity contribution is 6.09. The Morgan fingerprint density at radius 1 is 1.14 bits per heavy atom. The second kappa shape index (κ2) is 6.38. The molecule has 6 nitrogen and oxygen atoms in total. The molecule has 144 valence electrons. The van der Waals surface area contributed by atoms with Crippen molar-refractivity contribution in [1.82, 2.24) is 14.3 Å². The van der Waals surface area contributed by atoms with Crippen LogP contribution in [-0.2, 0) is 18.0 Å². The number of nitrogens with one attached hydrogen (secondary N) is 1. The van der Waals surface area contributed by atoms with Gasteiger partial charge in [0.25, 0.3) is 0 Å². The predicted molar refractivity (Wildman–Crippen MR) is 98.3 cm³/mol. The van der Waals surface area contributed by atoms with Crippen molar-refractivity contribution in [2.45, 2.75) is 6.18 Å². The van der Waals surface area contributed by atoms with Crippen molar-refractivity contribution < 1.29 is 23.1 Å². The maximum atomic E-state index is 12.9. The molecule has 1 amide bonds. The number of anilines is 1. The Kier molecular flexibility index (Phi) is 4.11. The number of hydrogen-bond donors (Lipinski definition) is 2. The van der Waals surface area contributed by atoms with Crippen LogP contribution < -0.4 is 5.32 Å². The summed E-state index contributed by atoms with van der Waals surface area (Å²) >= 11 is 0. The third-order valence-electron chi connectivity index (χ3n) is 4.43. The van der Waals surface area contributed by atoms with Gasteiger partial charge in [-0.1, -0.05) is 0 Å². The zero-order chi connectivity index (χ0) is 20.1. The normalized spacial score (nSPS) is 12.0. The summed E-state index contributed by atoms with van der Waals surface area (Å²) in [4.78, 5) is 11.4. The highest BCUT2D eigenvalue weighted by atomic mass is 19.4. The molecule has 2 aromatic heterocycles. The molecule has 0 saturated carbocycles. The number of alkyl halides is 3. The summed E-state index contributed by atoms with van der Waals surface area (Å²) in [5, 5.41) is 17.5. The lowest BCUT2D eigenvalue weighted by atomic mass is 10.2. The predicted octanol–water partition coefficient (Wildman–Crippen LogP) is 3.47. The van der Waals surface area contributed by atoms with E-state index < -0.39 is 24.3 Å². The SMILES string of the molecule is Cn1cc2c3cc(NC(=O)CO)ccc3n(-c3ccc(C(F)(F)F)cc3)c2n1. The molecular formula is C19H15F3N4O2. The molecule has 28 heavy (non-hydrogen) atoms. The van der Waals surface area contributed by atoms with Gasteiger partial charge in [0, 0.05) is 35.4 Å². The zero-order valence-corrected chi connectivity index (χ0v) is 14.7. The number of benzene rings is 2. The number of aromatic nitrogens is 3. The first-order chi connectivity index (χ1) is 13.3. The molecule has 0 atom stereocenters. The van der Waals surface area contributed by atoms with Crippen LogP contribution in [0.4, 0.5) is 18.9 Å². The fourth-order valence-corrected chi connectivity index (χ4v) is 3.23. The maximum absolute atomic E-state index is 12.9. The van der Waals surface area contributed by atoms with Gasteiger partial charge in [-0.3, -0.25) is 14.0 Å². The van der Waals surface area contributed by atoms with Gasteiger partial charge in [-0.25, -0.2) is 0 Å². The molecule has 2 N–H and O–H groups in total. The topological polar surface area (TPSA) is 72.1 Å². The van der Waals surface area contributed by atoms with E-state index in [9.17, 15) is 18.0 Å². The van der Waals surface area contributed by atoms with E-state index in [1.54, 1.807) is 40.7 Å². The van der Waals surface area contributed by atoms with Crippen LogP contribution in [0.15, 0.2) is 48.7 Å². The van der Waals surface area contributed by atoms with E-state index in [2.05, 4.69) is 10.4 Å². The fraction of sp³-hybridized carbons (Fsp3) is 0.158. The molecule has 0 bridgehead atoms. The monoisotopic (exact) mass is 388 g/mol. The molecule has 4 rings (SSSR count). The average molecular weight is 388 g/mol. The molecule has 0 saturated heterocycles. The Hall–Kier alpha value is -3.33. The Balaban J connectivity index is 1.90. The smallest absolute Gasteiger partial charge is 0.387 e. The number of hydrogen-bond acceptors (Lipinski definition) is 3. The van der Waals surface area contributed by atoms with E-state index in [1.807, 2.05) is 0 Å². The van der Waals surface area contributed by atoms with Crippen LogP contribution in [0.3, 0.4) is 0 Å². The number of amides is 1. The van der Waals surface area contributed by atoms with Crippen LogP contribution in [0.1, 0.15) is 5.56 Å². The summed E-state index contributed by atoms with van der Waals surface area (Å²) < 4.78 is 42.0. The minimum absolute atomic E-state index is 0.502. The van der Waals surface area contributed by atoms with Crippen molar-refractivity contribution >= 4 is 33.5 Å². The van der Waals surface area contributed by atoms with Crippen LogP contribution in [-0.4, -0.2) is 32.0 Å². The molecule has 2 heterocycles. The average Bonchev–Trinajstić information content (AvgIpc) is 3.16. The molecule has 2 aromatic carbocycles. The molecule has 0 fully saturated rings. The number of rotatable bonds is 3. The van der Waals surface area contributed by atoms with Gasteiger partial charge in [-0.2, -0.15) is 18.3 Å². The molecule has 0 unspecified atom stereocenters.